The highest BCUT2D eigenvalue weighted by Gasteiger charge is 2.16. The SMILES string of the molecule is CC=C1c2ccccc2CCc2cc(Cl)ccc21. The summed E-state index contributed by atoms with van der Waals surface area (Å²) in [6.07, 6.45) is 4.35. The van der Waals surface area contributed by atoms with Crippen LogP contribution in [0.3, 0.4) is 0 Å². The van der Waals surface area contributed by atoms with Crippen molar-refractivity contribution in [3.8, 4) is 0 Å². The Morgan fingerprint density at radius 3 is 2.50 bits per heavy atom. The molecule has 0 aromatic heterocycles. The second-order valence-corrected chi connectivity index (χ2v) is 5.10. The average Bonchev–Trinajstić information content (AvgIpc) is 2.55. The maximum Gasteiger partial charge on any atom is 0.0409 e. The quantitative estimate of drug-likeness (QED) is 0.628. The average molecular weight is 255 g/mol. The van der Waals surface area contributed by atoms with E-state index >= 15 is 0 Å². The topological polar surface area (TPSA) is 0 Å². The Morgan fingerprint density at radius 1 is 0.944 bits per heavy atom. The van der Waals surface area contributed by atoms with Gasteiger partial charge in [0.25, 0.3) is 0 Å². The molecule has 0 fully saturated rings. The second kappa shape index (κ2) is 4.62. The van der Waals surface area contributed by atoms with Crippen molar-refractivity contribution in [3.63, 3.8) is 0 Å². The highest BCUT2D eigenvalue weighted by molar-refractivity contribution is 6.30. The number of benzene rings is 2. The Kier molecular flexibility index (Phi) is 2.97. The minimum Gasteiger partial charge on any atom is -0.0843 e. The van der Waals surface area contributed by atoms with Gasteiger partial charge in [0.2, 0.25) is 0 Å². The smallest absolute Gasteiger partial charge is 0.0409 e. The van der Waals surface area contributed by atoms with Crippen LogP contribution in [0.2, 0.25) is 5.02 Å². The zero-order chi connectivity index (χ0) is 12.5. The van der Waals surface area contributed by atoms with Gasteiger partial charge in [-0.3, -0.25) is 0 Å². The third-order valence-electron chi connectivity index (χ3n) is 3.62. The number of halogens is 1. The van der Waals surface area contributed by atoms with Gasteiger partial charge in [0.1, 0.15) is 0 Å². The lowest BCUT2D eigenvalue weighted by Gasteiger charge is -2.11. The summed E-state index contributed by atoms with van der Waals surface area (Å²) in [6.45, 7) is 2.11. The first-order chi connectivity index (χ1) is 8.79. The van der Waals surface area contributed by atoms with Gasteiger partial charge >= 0.3 is 0 Å². The fourth-order valence-corrected chi connectivity index (χ4v) is 2.95. The number of hydrogen-bond acceptors (Lipinski definition) is 0. The summed E-state index contributed by atoms with van der Waals surface area (Å²) in [6, 6.07) is 14.9. The number of aryl methyl sites for hydroxylation is 2. The zero-order valence-corrected chi connectivity index (χ0v) is 11.2. The summed E-state index contributed by atoms with van der Waals surface area (Å²) in [4.78, 5) is 0. The molecule has 0 spiro atoms. The molecule has 2 aromatic carbocycles. The summed E-state index contributed by atoms with van der Waals surface area (Å²) in [7, 11) is 0. The summed E-state index contributed by atoms with van der Waals surface area (Å²) in [5, 5.41) is 0.829. The molecule has 1 heteroatoms. The van der Waals surface area contributed by atoms with Crippen LogP contribution in [0.5, 0.6) is 0 Å². The molecule has 1 aliphatic carbocycles. The Labute approximate surface area is 113 Å². The maximum atomic E-state index is 6.11. The van der Waals surface area contributed by atoms with Gasteiger partial charge in [0, 0.05) is 5.02 Å². The van der Waals surface area contributed by atoms with E-state index in [1.807, 2.05) is 6.07 Å². The van der Waals surface area contributed by atoms with Crippen LogP contribution in [0.1, 0.15) is 29.2 Å². The van der Waals surface area contributed by atoms with Crippen molar-refractivity contribution in [1.82, 2.24) is 0 Å². The van der Waals surface area contributed by atoms with Crippen molar-refractivity contribution in [2.75, 3.05) is 0 Å². The zero-order valence-electron chi connectivity index (χ0n) is 10.4. The van der Waals surface area contributed by atoms with E-state index < -0.39 is 0 Å². The lowest BCUT2D eigenvalue weighted by Crippen LogP contribution is -1.91. The molecular weight excluding hydrogens is 240 g/mol. The molecule has 0 bridgehead atoms. The van der Waals surface area contributed by atoms with E-state index in [2.05, 4.69) is 49.4 Å². The fourth-order valence-electron chi connectivity index (χ4n) is 2.76. The van der Waals surface area contributed by atoms with Crippen molar-refractivity contribution in [1.29, 1.82) is 0 Å². The first-order valence-electron chi connectivity index (χ1n) is 6.33. The Hall–Kier alpha value is -1.53. The molecule has 2 aromatic rings. The molecule has 0 nitrogen and oxygen atoms in total. The molecule has 0 radical (unpaired) electrons. The van der Waals surface area contributed by atoms with Gasteiger partial charge in [-0.25, -0.2) is 0 Å². The first-order valence-corrected chi connectivity index (χ1v) is 6.71. The number of allylic oxidation sites excluding steroid dienone is 1. The van der Waals surface area contributed by atoms with Crippen LogP contribution in [0.25, 0.3) is 5.57 Å². The van der Waals surface area contributed by atoms with E-state index in [-0.39, 0.29) is 0 Å². The summed E-state index contributed by atoms with van der Waals surface area (Å²) >= 11 is 6.11. The highest BCUT2D eigenvalue weighted by atomic mass is 35.5. The van der Waals surface area contributed by atoms with E-state index in [9.17, 15) is 0 Å². The van der Waals surface area contributed by atoms with Crippen LogP contribution in [-0.2, 0) is 12.8 Å². The van der Waals surface area contributed by atoms with Crippen molar-refractivity contribution < 1.29 is 0 Å². The lowest BCUT2D eigenvalue weighted by molar-refractivity contribution is 0.965. The first kappa shape index (κ1) is 11.6. The fraction of sp³-hybridized carbons (Fsp3) is 0.176. The molecule has 90 valence electrons. The van der Waals surface area contributed by atoms with Gasteiger partial charge in [0.05, 0.1) is 0 Å². The van der Waals surface area contributed by atoms with Gasteiger partial charge in [-0.05, 0) is 59.7 Å². The normalized spacial score (nSPS) is 16.0. The monoisotopic (exact) mass is 254 g/mol. The standard InChI is InChI=1S/C17H15Cl/c1-2-15-16-6-4-3-5-12(16)7-8-13-11-14(18)9-10-17(13)15/h2-6,9-11H,7-8H2,1H3. The Balaban J connectivity index is 2.25. The van der Waals surface area contributed by atoms with Crippen molar-refractivity contribution in [2.24, 2.45) is 0 Å². The third kappa shape index (κ3) is 1.87. The molecule has 0 atom stereocenters. The largest absolute Gasteiger partial charge is 0.0843 e. The molecule has 1 aliphatic rings. The summed E-state index contributed by atoms with van der Waals surface area (Å²) < 4.78 is 0. The Bertz CT molecular complexity index is 623. The maximum absolute atomic E-state index is 6.11. The molecule has 0 unspecified atom stereocenters. The van der Waals surface area contributed by atoms with Crippen LogP contribution >= 0.6 is 11.6 Å². The molecule has 0 saturated heterocycles. The second-order valence-electron chi connectivity index (χ2n) is 4.66. The van der Waals surface area contributed by atoms with E-state index in [1.165, 1.54) is 27.8 Å². The molecule has 0 heterocycles. The van der Waals surface area contributed by atoms with E-state index in [0.717, 1.165) is 17.9 Å². The predicted molar refractivity (Wildman–Crippen MR) is 78.1 cm³/mol. The predicted octanol–water partition coefficient (Wildman–Crippen LogP) is 4.89. The van der Waals surface area contributed by atoms with Crippen LogP contribution in [0.4, 0.5) is 0 Å². The molecule has 0 aliphatic heterocycles. The van der Waals surface area contributed by atoms with Crippen molar-refractivity contribution in [2.45, 2.75) is 19.8 Å². The summed E-state index contributed by atoms with van der Waals surface area (Å²) in [5.41, 5.74) is 6.80. The van der Waals surface area contributed by atoms with Gasteiger partial charge in [-0.1, -0.05) is 48.0 Å². The lowest BCUT2D eigenvalue weighted by atomic mass is 9.94. The molecule has 3 rings (SSSR count). The van der Waals surface area contributed by atoms with Crippen LogP contribution < -0.4 is 0 Å². The molecule has 18 heavy (non-hydrogen) atoms. The third-order valence-corrected chi connectivity index (χ3v) is 3.85. The van der Waals surface area contributed by atoms with Gasteiger partial charge in [0.15, 0.2) is 0 Å². The van der Waals surface area contributed by atoms with Gasteiger partial charge in [-0.15, -0.1) is 0 Å². The van der Waals surface area contributed by atoms with E-state index in [0.29, 0.717) is 0 Å². The van der Waals surface area contributed by atoms with Crippen molar-refractivity contribution in [3.05, 3.63) is 75.8 Å². The minimum absolute atomic E-state index is 0.829. The van der Waals surface area contributed by atoms with Gasteiger partial charge < -0.3 is 0 Å². The van der Waals surface area contributed by atoms with Crippen molar-refractivity contribution >= 4 is 17.2 Å². The Morgan fingerprint density at radius 2 is 1.67 bits per heavy atom. The highest BCUT2D eigenvalue weighted by Crippen LogP contribution is 2.34. The molecule has 0 saturated carbocycles. The van der Waals surface area contributed by atoms with E-state index in [4.69, 9.17) is 11.6 Å². The number of rotatable bonds is 0. The van der Waals surface area contributed by atoms with Crippen LogP contribution in [0.15, 0.2) is 48.5 Å². The minimum atomic E-state index is 0.829. The molecule has 0 N–H and O–H groups in total. The molecule has 0 amide bonds. The van der Waals surface area contributed by atoms with Crippen LogP contribution in [-0.4, -0.2) is 0 Å². The van der Waals surface area contributed by atoms with Gasteiger partial charge in [-0.2, -0.15) is 0 Å². The summed E-state index contributed by atoms with van der Waals surface area (Å²) in [5.74, 6) is 0. The number of hydrogen-bond donors (Lipinski definition) is 0. The molecular formula is C17H15Cl. The van der Waals surface area contributed by atoms with E-state index in [1.54, 1.807) is 0 Å². The number of fused-ring (bicyclic) bond motifs is 2. The van der Waals surface area contributed by atoms with Crippen LogP contribution in [0, 0.1) is 0 Å².